The average Bonchev–Trinajstić information content (AvgIpc) is 2.92. The van der Waals surface area contributed by atoms with Gasteiger partial charge in [0, 0.05) is 25.5 Å². The molecule has 8 heteroatoms. The van der Waals surface area contributed by atoms with Crippen LogP contribution in [0.2, 0.25) is 0 Å². The van der Waals surface area contributed by atoms with E-state index in [0.717, 1.165) is 6.42 Å². The van der Waals surface area contributed by atoms with E-state index in [1.807, 2.05) is 18.4 Å². The molecule has 0 saturated carbocycles. The quantitative estimate of drug-likeness (QED) is 0.648. The third-order valence-corrected chi connectivity index (χ3v) is 3.04. The number of hydrogen-bond acceptors (Lipinski definition) is 6. The van der Waals surface area contributed by atoms with Gasteiger partial charge in [-0.1, -0.05) is 6.92 Å². The lowest BCUT2D eigenvalue weighted by Gasteiger charge is -2.09. The highest BCUT2D eigenvalue weighted by Crippen LogP contribution is 2.30. The summed E-state index contributed by atoms with van der Waals surface area (Å²) in [4.78, 5) is 23.5. The molecule has 0 atom stereocenters. The molecule has 2 aromatic heterocycles. The van der Waals surface area contributed by atoms with Crippen LogP contribution in [0.5, 0.6) is 0 Å². The Bertz CT molecular complexity index is 652. The fourth-order valence-electron chi connectivity index (χ4n) is 2.04. The molecule has 0 amide bonds. The molecule has 2 rings (SSSR count). The summed E-state index contributed by atoms with van der Waals surface area (Å²) in [6.07, 6.45) is 4.30. The van der Waals surface area contributed by atoms with Gasteiger partial charge in [-0.2, -0.15) is 0 Å². The highest BCUT2D eigenvalue weighted by molar-refractivity contribution is 5.67. The zero-order valence-electron chi connectivity index (χ0n) is 12.3. The van der Waals surface area contributed by atoms with E-state index in [9.17, 15) is 10.1 Å². The maximum Gasteiger partial charge on any atom is 0.319 e. The Morgan fingerprint density at radius 1 is 1.38 bits per heavy atom. The smallest absolute Gasteiger partial charge is 0.319 e. The second-order valence-corrected chi connectivity index (χ2v) is 4.55. The average molecular weight is 290 g/mol. The lowest BCUT2D eigenvalue weighted by Crippen LogP contribution is -2.10. The van der Waals surface area contributed by atoms with Gasteiger partial charge < -0.3 is 9.88 Å². The van der Waals surface area contributed by atoms with E-state index in [2.05, 4.69) is 20.3 Å². The topological polar surface area (TPSA) is 98.8 Å². The maximum absolute atomic E-state index is 11.3. The van der Waals surface area contributed by atoms with Gasteiger partial charge in [0.2, 0.25) is 5.95 Å². The Kier molecular flexibility index (Phi) is 4.46. The summed E-state index contributed by atoms with van der Waals surface area (Å²) in [6, 6.07) is 0. The molecular formula is C13H18N6O2. The largest absolute Gasteiger partial charge is 0.354 e. The first-order chi connectivity index (χ1) is 10.1. The minimum absolute atomic E-state index is 0.0991. The Balaban J connectivity index is 2.60. The molecule has 2 heterocycles. The molecule has 0 radical (unpaired) electrons. The van der Waals surface area contributed by atoms with E-state index in [-0.39, 0.29) is 11.4 Å². The van der Waals surface area contributed by atoms with Crippen molar-refractivity contribution in [2.45, 2.75) is 33.7 Å². The van der Waals surface area contributed by atoms with Crippen molar-refractivity contribution in [2.75, 3.05) is 11.9 Å². The molecule has 0 bridgehead atoms. The minimum Gasteiger partial charge on any atom is -0.354 e. The normalized spacial score (nSPS) is 10.6. The zero-order valence-corrected chi connectivity index (χ0v) is 12.3. The number of hydrogen-bond donors (Lipinski definition) is 1. The van der Waals surface area contributed by atoms with Crippen molar-refractivity contribution in [2.24, 2.45) is 0 Å². The van der Waals surface area contributed by atoms with E-state index in [4.69, 9.17) is 0 Å². The number of anilines is 1. The number of rotatable bonds is 6. The van der Waals surface area contributed by atoms with Gasteiger partial charge in [0.15, 0.2) is 11.5 Å². The van der Waals surface area contributed by atoms with E-state index in [1.165, 1.54) is 0 Å². The molecule has 0 spiro atoms. The van der Waals surface area contributed by atoms with E-state index < -0.39 is 4.92 Å². The molecule has 2 aromatic rings. The van der Waals surface area contributed by atoms with Gasteiger partial charge in [-0.05, 0) is 20.3 Å². The van der Waals surface area contributed by atoms with Crippen LogP contribution in [0.15, 0.2) is 12.4 Å². The standard InChI is InChI=1S/C13H18N6O2/c1-4-6-15-13-16-9(3)11(19(20)21)10(17-13)12-14-7-8-18(12)5-2/h7-8H,4-6H2,1-3H3,(H,15,16,17). The molecule has 0 fully saturated rings. The minimum atomic E-state index is -0.455. The SMILES string of the molecule is CCCNc1nc(C)c([N+](=O)[O-])c(-c2nccn2CC)n1. The van der Waals surface area contributed by atoms with Crippen molar-refractivity contribution in [3.63, 3.8) is 0 Å². The Morgan fingerprint density at radius 2 is 2.14 bits per heavy atom. The fourth-order valence-corrected chi connectivity index (χ4v) is 2.04. The molecule has 0 aromatic carbocycles. The lowest BCUT2D eigenvalue weighted by atomic mass is 10.2. The van der Waals surface area contributed by atoms with Crippen LogP contribution < -0.4 is 5.32 Å². The fraction of sp³-hybridized carbons (Fsp3) is 0.462. The summed E-state index contributed by atoms with van der Waals surface area (Å²) in [6.45, 7) is 6.95. The highest BCUT2D eigenvalue weighted by atomic mass is 16.6. The molecule has 0 unspecified atom stereocenters. The van der Waals surface area contributed by atoms with E-state index in [0.29, 0.717) is 30.6 Å². The number of nitrogens with one attached hydrogen (secondary N) is 1. The van der Waals surface area contributed by atoms with Gasteiger partial charge in [0.05, 0.1) is 4.92 Å². The van der Waals surface area contributed by atoms with Crippen molar-refractivity contribution in [3.8, 4) is 11.5 Å². The van der Waals surface area contributed by atoms with Crippen LogP contribution in [0.3, 0.4) is 0 Å². The van der Waals surface area contributed by atoms with Gasteiger partial charge in [0.25, 0.3) is 0 Å². The maximum atomic E-state index is 11.3. The summed E-state index contributed by atoms with van der Waals surface area (Å²) < 4.78 is 1.82. The van der Waals surface area contributed by atoms with Crippen LogP contribution in [0.4, 0.5) is 11.6 Å². The van der Waals surface area contributed by atoms with Crippen LogP contribution in [0, 0.1) is 17.0 Å². The molecule has 112 valence electrons. The molecular weight excluding hydrogens is 272 g/mol. The number of nitrogens with zero attached hydrogens (tertiary/aromatic N) is 5. The summed E-state index contributed by atoms with van der Waals surface area (Å²) in [5, 5.41) is 14.4. The number of imidazole rings is 1. The number of aryl methyl sites for hydroxylation is 2. The van der Waals surface area contributed by atoms with Crippen LogP contribution in [-0.2, 0) is 6.54 Å². The van der Waals surface area contributed by atoms with E-state index >= 15 is 0 Å². The van der Waals surface area contributed by atoms with Gasteiger partial charge in [-0.15, -0.1) is 0 Å². The number of aromatic nitrogens is 4. The molecule has 0 aliphatic rings. The number of nitro groups is 1. The third kappa shape index (κ3) is 2.99. The lowest BCUT2D eigenvalue weighted by molar-refractivity contribution is -0.385. The molecule has 8 nitrogen and oxygen atoms in total. The van der Waals surface area contributed by atoms with Crippen molar-refractivity contribution >= 4 is 11.6 Å². The van der Waals surface area contributed by atoms with Crippen molar-refractivity contribution in [1.82, 2.24) is 19.5 Å². The van der Waals surface area contributed by atoms with Gasteiger partial charge in [-0.3, -0.25) is 10.1 Å². The summed E-state index contributed by atoms with van der Waals surface area (Å²) in [7, 11) is 0. The van der Waals surface area contributed by atoms with Crippen molar-refractivity contribution < 1.29 is 4.92 Å². The van der Waals surface area contributed by atoms with Crippen LogP contribution in [0.1, 0.15) is 26.0 Å². The first-order valence-corrected chi connectivity index (χ1v) is 6.86. The molecule has 0 saturated heterocycles. The van der Waals surface area contributed by atoms with Gasteiger partial charge >= 0.3 is 5.69 Å². The Labute approximate surface area is 122 Å². The second-order valence-electron chi connectivity index (χ2n) is 4.55. The monoisotopic (exact) mass is 290 g/mol. The highest BCUT2D eigenvalue weighted by Gasteiger charge is 2.25. The first kappa shape index (κ1) is 14.9. The van der Waals surface area contributed by atoms with Crippen LogP contribution in [0.25, 0.3) is 11.5 Å². The molecule has 1 N–H and O–H groups in total. The molecule has 0 aliphatic heterocycles. The molecule has 21 heavy (non-hydrogen) atoms. The Hall–Kier alpha value is -2.51. The zero-order chi connectivity index (χ0) is 15.4. The van der Waals surface area contributed by atoms with Gasteiger partial charge in [-0.25, -0.2) is 15.0 Å². The summed E-state index contributed by atoms with van der Waals surface area (Å²) in [5.74, 6) is 0.870. The summed E-state index contributed by atoms with van der Waals surface area (Å²) in [5.41, 5.74) is 0.477. The predicted molar refractivity (Wildman–Crippen MR) is 79.1 cm³/mol. The Morgan fingerprint density at radius 3 is 2.76 bits per heavy atom. The van der Waals surface area contributed by atoms with E-state index in [1.54, 1.807) is 19.3 Å². The van der Waals surface area contributed by atoms with Crippen molar-refractivity contribution in [3.05, 3.63) is 28.2 Å². The third-order valence-electron chi connectivity index (χ3n) is 3.04. The first-order valence-electron chi connectivity index (χ1n) is 6.86. The van der Waals surface area contributed by atoms with Crippen LogP contribution in [-0.4, -0.2) is 31.0 Å². The predicted octanol–water partition coefficient (Wildman–Crippen LogP) is 2.40. The summed E-state index contributed by atoms with van der Waals surface area (Å²) >= 11 is 0. The molecule has 0 aliphatic carbocycles. The van der Waals surface area contributed by atoms with Gasteiger partial charge in [0.1, 0.15) is 5.69 Å². The van der Waals surface area contributed by atoms with Crippen LogP contribution >= 0.6 is 0 Å². The van der Waals surface area contributed by atoms with Crippen molar-refractivity contribution in [1.29, 1.82) is 0 Å². The second kappa shape index (κ2) is 6.29.